The first-order chi connectivity index (χ1) is 6.05. The number of hydrogen-bond donors (Lipinski definition) is 1. The van der Waals surface area contributed by atoms with Gasteiger partial charge in [0.1, 0.15) is 4.90 Å². The zero-order valence-corrected chi connectivity index (χ0v) is 7.41. The zero-order chi connectivity index (χ0) is 9.64. The molecule has 1 aliphatic rings. The van der Waals surface area contributed by atoms with Gasteiger partial charge in [-0.05, 0) is 12.1 Å². The smallest absolute Gasteiger partial charge is 0.262 e. The second kappa shape index (κ2) is 2.30. The quantitative estimate of drug-likeness (QED) is 0.581. The van der Waals surface area contributed by atoms with Crippen molar-refractivity contribution in [1.82, 2.24) is 4.41 Å². The summed E-state index contributed by atoms with van der Waals surface area (Å²) >= 11 is 0. The third-order valence-electron chi connectivity index (χ3n) is 1.91. The molecule has 5 nitrogen and oxygen atoms in total. The van der Waals surface area contributed by atoms with Gasteiger partial charge in [-0.25, -0.2) is 5.84 Å². The lowest BCUT2D eigenvalue weighted by atomic mass is 10.2. The highest BCUT2D eigenvalue weighted by Crippen LogP contribution is 2.25. The molecule has 0 bridgehead atoms. The van der Waals surface area contributed by atoms with Gasteiger partial charge in [0.05, 0.1) is 5.56 Å². The maximum Gasteiger partial charge on any atom is 0.317 e. The van der Waals surface area contributed by atoms with E-state index in [1.807, 2.05) is 0 Å². The Bertz CT molecular complexity index is 480. The minimum Gasteiger partial charge on any atom is -0.262 e. The molecule has 1 aromatic carbocycles. The highest BCUT2D eigenvalue weighted by Gasteiger charge is 2.41. The highest BCUT2D eigenvalue weighted by molar-refractivity contribution is 7.90. The van der Waals surface area contributed by atoms with Crippen molar-refractivity contribution >= 4 is 15.9 Å². The Kier molecular flexibility index (Phi) is 1.45. The van der Waals surface area contributed by atoms with Crippen LogP contribution in [-0.4, -0.2) is 18.7 Å². The number of fused-ring (bicyclic) bond motifs is 1. The van der Waals surface area contributed by atoms with Crippen LogP contribution in [0.25, 0.3) is 0 Å². The van der Waals surface area contributed by atoms with Crippen LogP contribution in [0.1, 0.15) is 10.4 Å². The molecule has 0 saturated carbocycles. The van der Waals surface area contributed by atoms with Crippen LogP contribution >= 0.6 is 0 Å². The minimum atomic E-state index is -3.66. The molecule has 0 spiro atoms. The third-order valence-corrected chi connectivity index (χ3v) is 3.57. The maximum absolute atomic E-state index is 11.4. The Hall–Kier alpha value is -1.40. The molecule has 0 aliphatic carbocycles. The third kappa shape index (κ3) is 0.895. The van der Waals surface area contributed by atoms with E-state index in [2.05, 4.69) is 5.84 Å². The van der Waals surface area contributed by atoms with Gasteiger partial charge in [-0.3, -0.25) is 4.79 Å². The summed E-state index contributed by atoms with van der Waals surface area (Å²) in [5.41, 5.74) is 0.192. The molecule has 3 N–H and O–H groups in total. The Labute approximate surface area is 74.8 Å². The van der Waals surface area contributed by atoms with Crippen molar-refractivity contribution < 1.29 is 19.1 Å². The number of hydrogen-bond acceptors (Lipinski definition) is 3. The first kappa shape index (κ1) is 8.21. The SMILES string of the molecule is [NH3+]N1C(=O)c2ccccc2S1(=O)=O. The average molecular weight is 199 g/mol. The molecular weight excluding hydrogens is 192 g/mol. The lowest BCUT2D eigenvalue weighted by molar-refractivity contribution is -0.505. The second-order valence-corrected chi connectivity index (χ2v) is 4.49. The summed E-state index contributed by atoms with van der Waals surface area (Å²) in [6, 6.07) is 6.06. The number of nitrogens with zero attached hydrogens (tertiary/aromatic N) is 1. The van der Waals surface area contributed by atoms with E-state index in [0.29, 0.717) is 4.41 Å². The van der Waals surface area contributed by atoms with Crippen LogP contribution in [0.3, 0.4) is 0 Å². The monoisotopic (exact) mass is 199 g/mol. The molecule has 0 aromatic heterocycles. The Morgan fingerprint density at radius 2 is 1.85 bits per heavy atom. The van der Waals surface area contributed by atoms with E-state index < -0.39 is 15.9 Å². The fourth-order valence-corrected chi connectivity index (χ4v) is 2.47. The average Bonchev–Trinajstić information content (AvgIpc) is 2.30. The Balaban J connectivity index is 2.83. The summed E-state index contributed by atoms with van der Waals surface area (Å²) in [7, 11) is -3.66. The summed E-state index contributed by atoms with van der Waals surface area (Å²) in [5.74, 6) is 2.61. The van der Waals surface area contributed by atoms with E-state index in [9.17, 15) is 13.2 Å². The molecule has 13 heavy (non-hydrogen) atoms. The van der Waals surface area contributed by atoms with E-state index in [4.69, 9.17) is 0 Å². The van der Waals surface area contributed by atoms with E-state index in [1.54, 1.807) is 12.1 Å². The largest absolute Gasteiger partial charge is 0.317 e. The molecular formula is C7H7N2O3S+. The van der Waals surface area contributed by atoms with Crippen LogP contribution in [0, 0.1) is 0 Å². The molecule has 0 unspecified atom stereocenters. The van der Waals surface area contributed by atoms with Gasteiger partial charge in [0.15, 0.2) is 0 Å². The van der Waals surface area contributed by atoms with Gasteiger partial charge in [-0.2, -0.15) is 8.42 Å². The summed E-state index contributed by atoms with van der Waals surface area (Å²) in [6.07, 6.45) is 0. The molecule has 2 rings (SSSR count). The molecule has 1 aliphatic heterocycles. The molecule has 6 heteroatoms. The van der Waals surface area contributed by atoms with Gasteiger partial charge in [0.25, 0.3) is 0 Å². The lowest BCUT2D eigenvalue weighted by Crippen LogP contribution is -2.69. The van der Waals surface area contributed by atoms with Crippen molar-refractivity contribution in [2.24, 2.45) is 0 Å². The predicted octanol–water partition coefficient (Wildman–Crippen LogP) is -1.01. The van der Waals surface area contributed by atoms with Crippen LogP contribution in [-0.2, 0) is 10.0 Å². The van der Waals surface area contributed by atoms with E-state index in [-0.39, 0.29) is 10.5 Å². The number of amides is 1. The van der Waals surface area contributed by atoms with Crippen molar-refractivity contribution in [2.75, 3.05) is 0 Å². The minimum absolute atomic E-state index is 0.0370. The van der Waals surface area contributed by atoms with Crippen LogP contribution in [0.4, 0.5) is 0 Å². The van der Waals surface area contributed by atoms with Gasteiger partial charge < -0.3 is 0 Å². The number of carbonyl (C=O) groups is 1. The van der Waals surface area contributed by atoms with Crippen molar-refractivity contribution in [3.05, 3.63) is 29.8 Å². The van der Waals surface area contributed by atoms with Crippen LogP contribution in [0.2, 0.25) is 0 Å². The second-order valence-electron chi connectivity index (χ2n) is 2.65. The summed E-state index contributed by atoms with van der Waals surface area (Å²) in [5, 5.41) is 0. The lowest BCUT2D eigenvalue weighted by Gasteiger charge is -2.00. The number of rotatable bonds is 0. The topological polar surface area (TPSA) is 82.1 Å². The van der Waals surface area contributed by atoms with Gasteiger partial charge in [0, 0.05) is 0 Å². The number of sulfonamides is 1. The zero-order valence-electron chi connectivity index (χ0n) is 6.60. The summed E-state index contributed by atoms with van der Waals surface area (Å²) in [6.45, 7) is 0. The molecule has 1 amide bonds. The van der Waals surface area contributed by atoms with Crippen molar-refractivity contribution in [2.45, 2.75) is 4.90 Å². The summed E-state index contributed by atoms with van der Waals surface area (Å²) < 4.78 is 23.4. The molecule has 0 fully saturated rings. The Morgan fingerprint density at radius 1 is 1.23 bits per heavy atom. The van der Waals surface area contributed by atoms with Gasteiger partial charge in [-0.15, -0.1) is 0 Å². The molecule has 0 radical (unpaired) electrons. The van der Waals surface area contributed by atoms with Crippen molar-refractivity contribution in [3.8, 4) is 0 Å². The molecule has 1 heterocycles. The fraction of sp³-hybridized carbons (Fsp3) is 0. The highest BCUT2D eigenvalue weighted by atomic mass is 32.2. The van der Waals surface area contributed by atoms with Crippen molar-refractivity contribution in [3.63, 3.8) is 0 Å². The first-order valence-electron chi connectivity index (χ1n) is 3.54. The Morgan fingerprint density at radius 3 is 2.46 bits per heavy atom. The van der Waals surface area contributed by atoms with Crippen LogP contribution in [0.5, 0.6) is 0 Å². The van der Waals surface area contributed by atoms with E-state index in [0.717, 1.165) is 0 Å². The number of carbonyl (C=O) groups excluding carboxylic acids is 1. The predicted molar refractivity (Wildman–Crippen MR) is 42.7 cm³/mol. The van der Waals surface area contributed by atoms with E-state index >= 15 is 0 Å². The summed E-state index contributed by atoms with van der Waals surface area (Å²) in [4.78, 5) is 11.3. The maximum atomic E-state index is 11.4. The molecule has 68 valence electrons. The van der Waals surface area contributed by atoms with Crippen LogP contribution in [0.15, 0.2) is 29.2 Å². The van der Waals surface area contributed by atoms with Crippen molar-refractivity contribution in [1.29, 1.82) is 0 Å². The fourth-order valence-electron chi connectivity index (χ4n) is 1.23. The van der Waals surface area contributed by atoms with Gasteiger partial charge in [-0.1, -0.05) is 16.5 Å². The number of quaternary nitrogens is 1. The van der Waals surface area contributed by atoms with Crippen LogP contribution < -0.4 is 5.84 Å². The first-order valence-corrected chi connectivity index (χ1v) is 4.98. The normalized spacial score (nSPS) is 18.8. The van der Waals surface area contributed by atoms with Gasteiger partial charge in [0.2, 0.25) is 0 Å². The molecule has 0 atom stereocenters. The standard InChI is InChI=1S/C7H6N2O3S/c8-9-7(10)5-3-1-2-4-6(5)13(9,11)12/h1-4H,8H2/p+1. The van der Waals surface area contributed by atoms with Gasteiger partial charge >= 0.3 is 15.9 Å². The number of benzene rings is 1. The molecule has 1 aromatic rings. The molecule has 0 saturated heterocycles. The van der Waals surface area contributed by atoms with E-state index in [1.165, 1.54) is 12.1 Å².